The molecule has 12 heavy (non-hydrogen) atoms. The second-order valence-corrected chi connectivity index (χ2v) is 2.57. The first-order valence-corrected chi connectivity index (χ1v) is 4.30. The van der Waals surface area contributed by atoms with Crippen molar-refractivity contribution in [3.05, 3.63) is 60.7 Å². The van der Waals surface area contributed by atoms with Gasteiger partial charge in [0, 0.05) is 0 Å². The van der Waals surface area contributed by atoms with Crippen molar-refractivity contribution in [1.29, 1.82) is 0 Å². The first-order chi connectivity index (χ1) is 6.00. The third-order valence-corrected chi connectivity index (χ3v) is 1.54. The second kappa shape index (κ2) is 6.41. The Hall–Kier alpha value is -1.30. The molecule has 0 radical (unpaired) electrons. The lowest BCUT2D eigenvalue weighted by atomic mass is 10.2. The zero-order chi connectivity index (χ0) is 8.49. The maximum atomic E-state index is 2.18. The molecule has 0 spiro atoms. The molecule has 1 aliphatic carbocycles. The maximum absolute atomic E-state index is 2.18. The van der Waals surface area contributed by atoms with Crippen molar-refractivity contribution < 1.29 is 0 Å². The highest BCUT2D eigenvalue weighted by Crippen LogP contribution is 1.97. The average Bonchev–Trinajstić information content (AvgIpc) is 2.24. The molecule has 0 heteroatoms. The smallest absolute Gasteiger partial charge is 0.0169 e. The zero-order valence-corrected chi connectivity index (χ0v) is 7.19. The topological polar surface area (TPSA) is 0 Å². The van der Waals surface area contributed by atoms with Crippen molar-refractivity contribution in [2.24, 2.45) is 0 Å². The first-order valence-electron chi connectivity index (χ1n) is 4.30. The summed E-state index contributed by atoms with van der Waals surface area (Å²) in [6, 6.07) is 12.0. The molecule has 0 aliphatic heterocycles. The fraction of sp³-hybridized carbons (Fsp3) is 0.167. The zero-order valence-electron chi connectivity index (χ0n) is 7.19. The molecule has 0 atom stereocenters. The van der Waals surface area contributed by atoms with Crippen LogP contribution in [0.2, 0.25) is 0 Å². The molecule has 62 valence electrons. The van der Waals surface area contributed by atoms with Gasteiger partial charge in [-0.15, -0.1) is 0 Å². The average molecular weight is 158 g/mol. The van der Waals surface area contributed by atoms with Gasteiger partial charge in [-0.05, 0) is 12.8 Å². The molecule has 0 N–H and O–H groups in total. The third kappa shape index (κ3) is 4.51. The van der Waals surface area contributed by atoms with Gasteiger partial charge in [0.2, 0.25) is 0 Å². The Kier molecular flexibility index (Phi) is 4.70. The lowest BCUT2D eigenvalue weighted by Crippen LogP contribution is -1.66. The van der Waals surface area contributed by atoms with E-state index in [2.05, 4.69) is 24.3 Å². The molecule has 2 rings (SSSR count). The van der Waals surface area contributed by atoms with Crippen LogP contribution in [-0.4, -0.2) is 0 Å². The first kappa shape index (κ1) is 8.79. The molecule has 1 aliphatic rings. The molecule has 1 aromatic carbocycles. The summed E-state index contributed by atoms with van der Waals surface area (Å²) >= 11 is 0. The largest absolute Gasteiger partial charge is 0.0844 e. The summed E-state index contributed by atoms with van der Waals surface area (Å²) < 4.78 is 0. The van der Waals surface area contributed by atoms with E-state index in [4.69, 9.17) is 0 Å². The van der Waals surface area contributed by atoms with Crippen LogP contribution in [-0.2, 0) is 0 Å². The van der Waals surface area contributed by atoms with Gasteiger partial charge in [0.15, 0.2) is 0 Å². The van der Waals surface area contributed by atoms with E-state index in [1.807, 2.05) is 36.4 Å². The van der Waals surface area contributed by atoms with E-state index in [0.29, 0.717) is 0 Å². The number of rotatable bonds is 0. The minimum Gasteiger partial charge on any atom is -0.0844 e. The van der Waals surface area contributed by atoms with Crippen LogP contribution in [0.3, 0.4) is 0 Å². The second-order valence-electron chi connectivity index (χ2n) is 2.57. The van der Waals surface area contributed by atoms with Crippen LogP contribution < -0.4 is 0 Å². The lowest BCUT2D eigenvalue weighted by Gasteiger charge is -1.87. The Morgan fingerprint density at radius 2 is 0.667 bits per heavy atom. The Morgan fingerprint density at radius 3 is 0.833 bits per heavy atom. The van der Waals surface area contributed by atoms with E-state index in [-0.39, 0.29) is 0 Å². The van der Waals surface area contributed by atoms with Crippen LogP contribution in [0.4, 0.5) is 0 Å². The van der Waals surface area contributed by atoms with Gasteiger partial charge >= 0.3 is 0 Å². The van der Waals surface area contributed by atoms with Crippen molar-refractivity contribution in [1.82, 2.24) is 0 Å². The fourth-order valence-electron chi connectivity index (χ4n) is 0.927. The SMILES string of the molecule is C1=CCC=CC1.c1ccccc1. The van der Waals surface area contributed by atoms with Gasteiger partial charge in [-0.3, -0.25) is 0 Å². The van der Waals surface area contributed by atoms with Gasteiger partial charge in [0.1, 0.15) is 0 Å². The Morgan fingerprint density at radius 1 is 0.417 bits per heavy atom. The van der Waals surface area contributed by atoms with E-state index >= 15 is 0 Å². The minimum atomic E-state index is 1.14. The van der Waals surface area contributed by atoms with Crippen LogP contribution in [0.5, 0.6) is 0 Å². The van der Waals surface area contributed by atoms with Crippen LogP contribution in [0.1, 0.15) is 12.8 Å². The van der Waals surface area contributed by atoms with Crippen molar-refractivity contribution in [3.63, 3.8) is 0 Å². The summed E-state index contributed by atoms with van der Waals surface area (Å²) in [5.74, 6) is 0. The molecular weight excluding hydrogens is 144 g/mol. The molecule has 0 nitrogen and oxygen atoms in total. The summed E-state index contributed by atoms with van der Waals surface area (Å²) in [5, 5.41) is 0. The maximum Gasteiger partial charge on any atom is -0.0169 e. The van der Waals surface area contributed by atoms with Crippen molar-refractivity contribution >= 4 is 0 Å². The molecule has 0 heterocycles. The molecule has 0 saturated heterocycles. The molecule has 0 bridgehead atoms. The molecule has 0 fully saturated rings. The molecule has 0 amide bonds. The number of benzene rings is 1. The van der Waals surface area contributed by atoms with E-state index < -0.39 is 0 Å². The van der Waals surface area contributed by atoms with Gasteiger partial charge in [-0.1, -0.05) is 60.7 Å². The minimum absolute atomic E-state index is 1.14. The monoisotopic (exact) mass is 158 g/mol. The standard InChI is InChI=1S/C6H8.C6H6/c2*1-2-4-6-5-3-1/h1-2,5-6H,3-4H2;1-6H. The van der Waals surface area contributed by atoms with Crippen LogP contribution in [0.15, 0.2) is 60.7 Å². The number of hydrogen-bond acceptors (Lipinski definition) is 0. The van der Waals surface area contributed by atoms with Gasteiger partial charge in [0.25, 0.3) is 0 Å². The number of allylic oxidation sites excluding steroid dienone is 4. The van der Waals surface area contributed by atoms with Crippen molar-refractivity contribution in [3.8, 4) is 0 Å². The normalized spacial score (nSPS) is 13.3. The Labute approximate surface area is 74.2 Å². The Balaban J connectivity index is 0.000000120. The van der Waals surface area contributed by atoms with Crippen LogP contribution >= 0.6 is 0 Å². The quantitative estimate of drug-likeness (QED) is 0.506. The van der Waals surface area contributed by atoms with E-state index in [1.165, 1.54) is 0 Å². The van der Waals surface area contributed by atoms with Crippen LogP contribution in [0.25, 0.3) is 0 Å². The highest BCUT2D eigenvalue weighted by molar-refractivity contribution is 5.02. The molecule has 1 aromatic rings. The fourth-order valence-corrected chi connectivity index (χ4v) is 0.927. The van der Waals surface area contributed by atoms with Crippen molar-refractivity contribution in [2.75, 3.05) is 0 Å². The van der Waals surface area contributed by atoms with Crippen molar-refractivity contribution in [2.45, 2.75) is 12.8 Å². The van der Waals surface area contributed by atoms with Crippen LogP contribution in [0, 0.1) is 0 Å². The Bertz CT molecular complexity index is 185. The molecule has 0 unspecified atom stereocenters. The van der Waals surface area contributed by atoms with Gasteiger partial charge in [-0.2, -0.15) is 0 Å². The third-order valence-electron chi connectivity index (χ3n) is 1.54. The summed E-state index contributed by atoms with van der Waals surface area (Å²) in [7, 11) is 0. The predicted octanol–water partition coefficient (Wildman–Crippen LogP) is 3.58. The highest BCUT2D eigenvalue weighted by atomic mass is 13.8. The van der Waals surface area contributed by atoms with E-state index in [9.17, 15) is 0 Å². The molecule has 0 aromatic heterocycles. The summed E-state index contributed by atoms with van der Waals surface area (Å²) in [6.45, 7) is 0. The van der Waals surface area contributed by atoms with Gasteiger partial charge < -0.3 is 0 Å². The summed E-state index contributed by atoms with van der Waals surface area (Å²) in [6.07, 6.45) is 11.0. The predicted molar refractivity (Wildman–Crippen MR) is 54.0 cm³/mol. The van der Waals surface area contributed by atoms with E-state index in [1.54, 1.807) is 0 Å². The lowest BCUT2D eigenvalue weighted by molar-refractivity contribution is 1.23. The van der Waals surface area contributed by atoms with Gasteiger partial charge in [0.05, 0.1) is 0 Å². The van der Waals surface area contributed by atoms with E-state index in [0.717, 1.165) is 12.8 Å². The summed E-state index contributed by atoms with van der Waals surface area (Å²) in [4.78, 5) is 0. The molecule has 0 saturated carbocycles. The molecular formula is C12H14. The summed E-state index contributed by atoms with van der Waals surface area (Å²) in [5.41, 5.74) is 0. The number of hydrogen-bond donors (Lipinski definition) is 0. The highest BCUT2D eigenvalue weighted by Gasteiger charge is 1.76. The van der Waals surface area contributed by atoms with Gasteiger partial charge in [-0.25, -0.2) is 0 Å².